The summed E-state index contributed by atoms with van der Waals surface area (Å²) in [5.41, 5.74) is -1.05. The molecule has 1 fully saturated rings. The number of ether oxygens (including phenoxy) is 1. The molecule has 20 heavy (non-hydrogen) atoms. The summed E-state index contributed by atoms with van der Waals surface area (Å²) in [6.45, 7) is 1.81. The maximum atomic E-state index is 12.9. The van der Waals surface area contributed by atoms with Crippen molar-refractivity contribution in [3.8, 4) is 6.07 Å². The summed E-state index contributed by atoms with van der Waals surface area (Å²) in [4.78, 5) is 1.62. The van der Waals surface area contributed by atoms with Crippen LogP contribution in [-0.4, -0.2) is 30.6 Å². The molecule has 0 amide bonds. The van der Waals surface area contributed by atoms with Crippen molar-refractivity contribution in [2.45, 2.75) is 25.4 Å². The lowest BCUT2D eigenvalue weighted by molar-refractivity contribution is -0.137. The monoisotopic (exact) mass is 286 g/mol. The van der Waals surface area contributed by atoms with E-state index in [1.54, 1.807) is 17.9 Å². The molecule has 7 heteroatoms. The molecule has 1 aromatic rings. The van der Waals surface area contributed by atoms with Crippen molar-refractivity contribution in [1.29, 1.82) is 5.26 Å². The normalized spacial score (nSPS) is 22.9. The predicted octanol–water partition coefficient (Wildman–Crippen LogP) is 2.12. The van der Waals surface area contributed by atoms with Crippen LogP contribution < -0.4 is 4.90 Å². The molecule has 0 radical (unpaired) electrons. The van der Waals surface area contributed by atoms with Gasteiger partial charge in [-0.3, -0.25) is 0 Å². The van der Waals surface area contributed by atoms with Gasteiger partial charge in [-0.25, -0.2) is 0 Å². The fourth-order valence-corrected chi connectivity index (χ4v) is 2.22. The van der Waals surface area contributed by atoms with Crippen molar-refractivity contribution in [2.24, 2.45) is 0 Å². The molecule has 2 atom stereocenters. The van der Waals surface area contributed by atoms with Crippen molar-refractivity contribution in [1.82, 2.24) is 0 Å². The number of halogens is 3. The summed E-state index contributed by atoms with van der Waals surface area (Å²) < 4.78 is 44.1. The number of alkyl halides is 3. The Morgan fingerprint density at radius 2 is 2.20 bits per heavy atom. The molecular formula is C13H13F3N2O2. The first-order valence-corrected chi connectivity index (χ1v) is 6.01. The lowest BCUT2D eigenvalue weighted by atomic mass is 10.1. The van der Waals surface area contributed by atoms with Crippen molar-refractivity contribution in [2.75, 3.05) is 18.1 Å². The number of aliphatic hydroxyl groups excluding tert-OH is 1. The largest absolute Gasteiger partial charge is 0.417 e. The molecule has 0 unspecified atom stereocenters. The van der Waals surface area contributed by atoms with Gasteiger partial charge in [0.2, 0.25) is 0 Å². The first kappa shape index (κ1) is 14.6. The third-order valence-corrected chi connectivity index (χ3v) is 3.19. The van der Waals surface area contributed by atoms with Crippen LogP contribution >= 0.6 is 0 Å². The highest BCUT2D eigenvalue weighted by Crippen LogP contribution is 2.35. The fraction of sp³-hybridized carbons (Fsp3) is 0.462. The van der Waals surface area contributed by atoms with Crippen LogP contribution in [0.3, 0.4) is 0 Å². The molecule has 1 heterocycles. The number of nitriles is 1. The minimum absolute atomic E-state index is 0.191. The van der Waals surface area contributed by atoms with E-state index in [9.17, 15) is 13.2 Å². The number of anilines is 1. The van der Waals surface area contributed by atoms with Gasteiger partial charge in [-0.05, 0) is 25.1 Å². The highest BCUT2D eigenvalue weighted by atomic mass is 19.4. The lowest BCUT2D eigenvalue weighted by Gasteiger charge is -2.23. The third kappa shape index (κ3) is 2.71. The molecule has 0 aromatic heterocycles. The quantitative estimate of drug-likeness (QED) is 0.904. The van der Waals surface area contributed by atoms with Crippen molar-refractivity contribution in [3.05, 3.63) is 29.3 Å². The molecular weight excluding hydrogens is 273 g/mol. The van der Waals surface area contributed by atoms with Crippen LogP contribution in [0.1, 0.15) is 18.1 Å². The number of benzene rings is 1. The highest BCUT2D eigenvalue weighted by Gasteiger charge is 2.36. The smallest absolute Gasteiger partial charge is 0.394 e. The summed E-state index contributed by atoms with van der Waals surface area (Å²) in [7, 11) is 0. The van der Waals surface area contributed by atoms with Gasteiger partial charge in [0.25, 0.3) is 0 Å². The van der Waals surface area contributed by atoms with Gasteiger partial charge >= 0.3 is 6.18 Å². The topological polar surface area (TPSA) is 56.5 Å². The standard InChI is InChI=1S/C13H13F3N2O2/c1-8-18(6-11(7-19)20-8)10-3-2-9(5-17)12(4-10)13(14,15)16/h2-4,8,11,19H,6-7H2,1H3/t8-,11+/m0/s1. The van der Waals surface area contributed by atoms with E-state index in [0.29, 0.717) is 12.2 Å². The van der Waals surface area contributed by atoms with Crippen LogP contribution in [-0.2, 0) is 10.9 Å². The zero-order valence-corrected chi connectivity index (χ0v) is 10.7. The van der Waals surface area contributed by atoms with Crippen LogP contribution in [0.15, 0.2) is 18.2 Å². The Morgan fingerprint density at radius 3 is 2.70 bits per heavy atom. The van der Waals surface area contributed by atoms with E-state index in [-0.39, 0.29) is 6.61 Å². The Labute approximate surface area is 114 Å². The van der Waals surface area contributed by atoms with E-state index in [0.717, 1.165) is 12.1 Å². The van der Waals surface area contributed by atoms with E-state index in [1.165, 1.54) is 6.07 Å². The van der Waals surface area contributed by atoms with Gasteiger partial charge in [0.1, 0.15) is 12.3 Å². The van der Waals surface area contributed by atoms with Gasteiger partial charge in [-0.15, -0.1) is 0 Å². The molecule has 0 bridgehead atoms. The van der Waals surface area contributed by atoms with E-state index in [4.69, 9.17) is 15.1 Å². The van der Waals surface area contributed by atoms with E-state index >= 15 is 0 Å². The average molecular weight is 286 g/mol. The van der Waals surface area contributed by atoms with Gasteiger partial charge in [-0.1, -0.05) is 0 Å². The third-order valence-electron chi connectivity index (χ3n) is 3.19. The van der Waals surface area contributed by atoms with Crippen molar-refractivity contribution in [3.63, 3.8) is 0 Å². The molecule has 0 spiro atoms. The summed E-state index contributed by atoms with van der Waals surface area (Å²) in [6, 6.07) is 5.09. The number of hydrogen-bond acceptors (Lipinski definition) is 4. The Morgan fingerprint density at radius 1 is 1.50 bits per heavy atom. The Kier molecular flexibility index (Phi) is 3.88. The Bertz CT molecular complexity index is 539. The molecule has 1 N–H and O–H groups in total. The number of rotatable bonds is 2. The minimum atomic E-state index is -4.58. The first-order valence-electron chi connectivity index (χ1n) is 6.01. The van der Waals surface area contributed by atoms with Crippen LogP contribution in [0.5, 0.6) is 0 Å². The molecule has 1 aliphatic rings. The molecule has 1 saturated heterocycles. The molecule has 0 saturated carbocycles. The second-order valence-electron chi connectivity index (χ2n) is 4.53. The minimum Gasteiger partial charge on any atom is -0.394 e. The maximum Gasteiger partial charge on any atom is 0.417 e. The average Bonchev–Trinajstić information content (AvgIpc) is 2.78. The number of nitrogens with zero attached hydrogens (tertiary/aromatic N) is 2. The summed E-state index contributed by atoms with van der Waals surface area (Å²) >= 11 is 0. The molecule has 4 nitrogen and oxygen atoms in total. The molecule has 0 aliphatic carbocycles. The van der Waals surface area contributed by atoms with Gasteiger partial charge in [0.15, 0.2) is 0 Å². The molecule has 108 valence electrons. The summed E-state index contributed by atoms with van der Waals surface area (Å²) in [6.07, 6.45) is -5.43. The summed E-state index contributed by atoms with van der Waals surface area (Å²) in [5, 5.41) is 17.8. The second-order valence-corrected chi connectivity index (χ2v) is 4.53. The first-order chi connectivity index (χ1) is 9.36. The SMILES string of the molecule is C[C@@H]1O[C@@H](CO)CN1c1ccc(C#N)c(C(F)(F)F)c1. The molecule has 1 aliphatic heterocycles. The zero-order valence-electron chi connectivity index (χ0n) is 10.7. The van der Waals surface area contributed by atoms with Gasteiger partial charge in [0, 0.05) is 12.2 Å². The summed E-state index contributed by atoms with van der Waals surface area (Å²) in [5.74, 6) is 0. The predicted molar refractivity (Wildman–Crippen MR) is 64.9 cm³/mol. The lowest BCUT2D eigenvalue weighted by Crippen LogP contribution is -2.28. The Hall–Kier alpha value is -1.78. The van der Waals surface area contributed by atoms with E-state index in [1.807, 2.05) is 0 Å². The zero-order chi connectivity index (χ0) is 14.9. The van der Waals surface area contributed by atoms with Crippen molar-refractivity contribution >= 4 is 5.69 Å². The second kappa shape index (κ2) is 5.31. The fourth-order valence-electron chi connectivity index (χ4n) is 2.22. The number of aliphatic hydroxyl groups is 1. The van der Waals surface area contributed by atoms with Crippen LogP contribution in [0.25, 0.3) is 0 Å². The van der Waals surface area contributed by atoms with Gasteiger partial charge in [-0.2, -0.15) is 18.4 Å². The molecule has 2 rings (SSSR count). The van der Waals surface area contributed by atoms with Gasteiger partial charge in [0.05, 0.1) is 23.8 Å². The molecule has 1 aromatic carbocycles. The van der Waals surface area contributed by atoms with Crippen molar-refractivity contribution < 1.29 is 23.0 Å². The van der Waals surface area contributed by atoms with Gasteiger partial charge < -0.3 is 14.7 Å². The van der Waals surface area contributed by atoms with E-state index < -0.39 is 29.6 Å². The Balaban J connectivity index is 2.38. The van der Waals surface area contributed by atoms with Crippen LogP contribution in [0.4, 0.5) is 18.9 Å². The number of hydrogen-bond donors (Lipinski definition) is 1. The van der Waals surface area contributed by atoms with E-state index in [2.05, 4.69) is 0 Å². The van der Waals surface area contributed by atoms with Crippen LogP contribution in [0, 0.1) is 11.3 Å². The van der Waals surface area contributed by atoms with Crippen LogP contribution in [0.2, 0.25) is 0 Å². The highest BCUT2D eigenvalue weighted by molar-refractivity contribution is 5.55. The maximum absolute atomic E-state index is 12.9.